The molecular formula is C16H21FN2O4. The number of ether oxygens (including phenoxy) is 1. The van der Waals surface area contributed by atoms with E-state index in [9.17, 15) is 19.3 Å². The first-order valence-corrected chi connectivity index (χ1v) is 7.79. The number of carbonyl (C=O) groups excluding carboxylic acids is 1. The van der Waals surface area contributed by atoms with E-state index in [2.05, 4.69) is 12.2 Å². The first-order valence-electron chi connectivity index (χ1n) is 7.79. The molecule has 0 radical (unpaired) electrons. The fourth-order valence-corrected chi connectivity index (χ4v) is 2.81. The van der Waals surface area contributed by atoms with Gasteiger partial charge in [-0.05, 0) is 31.7 Å². The highest BCUT2D eigenvalue weighted by molar-refractivity contribution is 5.81. The second-order valence-corrected chi connectivity index (χ2v) is 6.01. The lowest BCUT2D eigenvalue weighted by atomic mass is 9.86. The van der Waals surface area contributed by atoms with Crippen molar-refractivity contribution in [3.05, 3.63) is 34.1 Å². The third-order valence-electron chi connectivity index (χ3n) is 4.23. The quantitative estimate of drug-likeness (QED) is 0.666. The maximum atomic E-state index is 13.3. The molecule has 0 aromatic heterocycles. The van der Waals surface area contributed by atoms with Gasteiger partial charge >= 0.3 is 5.69 Å². The van der Waals surface area contributed by atoms with Gasteiger partial charge in [0.05, 0.1) is 4.92 Å². The van der Waals surface area contributed by atoms with Gasteiger partial charge in [-0.2, -0.15) is 0 Å². The van der Waals surface area contributed by atoms with Crippen LogP contribution in [0.25, 0.3) is 0 Å². The molecule has 0 aliphatic heterocycles. The summed E-state index contributed by atoms with van der Waals surface area (Å²) in [5.41, 5.74) is -0.364. The molecule has 1 aliphatic carbocycles. The molecule has 0 bridgehead atoms. The number of amides is 1. The van der Waals surface area contributed by atoms with Crippen LogP contribution >= 0.6 is 0 Å². The number of nitrogens with one attached hydrogen (secondary N) is 1. The van der Waals surface area contributed by atoms with E-state index in [1.165, 1.54) is 6.92 Å². The average molecular weight is 324 g/mol. The van der Waals surface area contributed by atoms with Gasteiger partial charge < -0.3 is 10.1 Å². The number of hydrogen-bond donors (Lipinski definition) is 1. The number of hydrogen-bond acceptors (Lipinski definition) is 4. The molecule has 1 fully saturated rings. The zero-order valence-electron chi connectivity index (χ0n) is 13.3. The lowest BCUT2D eigenvalue weighted by Crippen LogP contribution is -2.46. The average Bonchev–Trinajstić information content (AvgIpc) is 2.49. The molecule has 0 unspecified atom stereocenters. The highest BCUT2D eigenvalue weighted by Crippen LogP contribution is 2.29. The topological polar surface area (TPSA) is 81.5 Å². The van der Waals surface area contributed by atoms with Gasteiger partial charge in [-0.15, -0.1) is 0 Å². The van der Waals surface area contributed by atoms with Gasteiger partial charge in [0.15, 0.2) is 6.10 Å². The van der Waals surface area contributed by atoms with Crippen molar-refractivity contribution in [3.63, 3.8) is 0 Å². The summed E-state index contributed by atoms with van der Waals surface area (Å²) in [7, 11) is 0. The Morgan fingerprint density at radius 3 is 2.78 bits per heavy atom. The number of nitrogens with zero attached hydrogens (tertiary/aromatic N) is 1. The van der Waals surface area contributed by atoms with E-state index in [0.29, 0.717) is 5.92 Å². The summed E-state index contributed by atoms with van der Waals surface area (Å²) in [5, 5.41) is 13.9. The molecule has 7 heteroatoms. The molecule has 1 saturated carbocycles. The summed E-state index contributed by atoms with van der Waals surface area (Å²) < 4.78 is 18.6. The van der Waals surface area contributed by atoms with Crippen molar-refractivity contribution in [1.29, 1.82) is 0 Å². The Bertz CT molecular complexity index is 593. The number of rotatable bonds is 5. The minimum atomic E-state index is -0.940. The number of benzene rings is 1. The predicted octanol–water partition coefficient (Wildman–Crippen LogP) is 3.20. The summed E-state index contributed by atoms with van der Waals surface area (Å²) in [6.45, 7) is 3.59. The van der Waals surface area contributed by atoms with E-state index in [1.54, 1.807) is 0 Å². The monoisotopic (exact) mass is 324 g/mol. The highest BCUT2D eigenvalue weighted by Gasteiger charge is 2.27. The minimum Gasteiger partial charge on any atom is -0.474 e. The van der Waals surface area contributed by atoms with Crippen molar-refractivity contribution >= 4 is 11.6 Å². The van der Waals surface area contributed by atoms with Gasteiger partial charge in [0.1, 0.15) is 5.82 Å². The van der Waals surface area contributed by atoms with Gasteiger partial charge in [-0.25, -0.2) is 4.39 Å². The fraction of sp³-hybridized carbons (Fsp3) is 0.562. The van der Waals surface area contributed by atoms with Crippen molar-refractivity contribution in [2.45, 2.75) is 51.7 Å². The fourth-order valence-electron chi connectivity index (χ4n) is 2.81. The molecule has 0 heterocycles. The van der Waals surface area contributed by atoms with Crippen LogP contribution in [0.3, 0.4) is 0 Å². The lowest BCUT2D eigenvalue weighted by molar-refractivity contribution is -0.386. The maximum Gasteiger partial charge on any atom is 0.311 e. The first kappa shape index (κ1) is 17.2. The molecule has 23 heavy (non-hydrogen) atoms. The van der Waals surface area contributed by atoms with Crippen LogP contribution < -0.4 is 10.1 Å². The molecular weight excluding hydrogens is 303 g/mol. The van der Waals surface area contributed by atoms with E-state index in [-0.39, 0.29) is 23.4 Å². The zero-order valence-corrected chi connectivity index (χ0v) is 13.3. The Balaban J connectivity index is 2.03. The third-order valence-corrected chi connectivity index (χ3v) is 4.23. The van der Waals surface area contributed by atoms with E-state index >= 15 is 0 Å². The summed E-state index contributed by atoms with van der Waals surface area (Å²) in [6, 6.07) is 3.02. The molecule has 1 amide bonds. The van der Waals surface area contributed by atoms with Crippen LogP contribution in [0, 0.1) is 21.8 Å². The Morgan fingerprint density at radius 2 is 2.13 bits per heavy atom. The Labute approximate surface area is 134 Å². The van der Waals surface area contributed by atoms with E-state index < -0.39 is 16.8 Å². The molecule has 1 aliphatic rings. The van der Waals surface area contributed by atoms with Crippen LogP contribution in [0.4, 0.5) is 10.1 Å². The smallest absolute Gasteiger partial charge is 0.311 e. The molecule has 1 N–H and O–H groups in total. The van der Waals surface area contributed by atoms with E-state index in [0.717, 1.165) is 43.9 Å². The highest BCUT2D eigenvalue weighted by atomic mass is 19.1. The summed E-state index contributed by atoms with van der Waals surface area (Å²) in [6.07, 6.45) is 3.27. The molecule has 0 spiro atoms. The van der Waals surface area contributed by atoms with E-state index in [1.807, 2.05) is 0 Å². The molecule has 1 aromatic carbocycles. The van der Waals surface area contributed by atoms with Gasteiger partial charge in [-0.1, -0.05) is 19.8 Å². The molecule has 0 saturated heterocycles. The van der Waals surface area contributed by atoms with Crippen LogP contribution in [-0.4, -0.2) is 23.0 Å². The van der Waals surface area contributed by atoms with Crippen molar-refractivity contribution < 1.29 is 18.8 Å². The molecule has 2 rings (SSSR count). The van der Waals surface area contributed by atoms with Crippen molar-refractivity contribution in [2.24, 2.45) is 5.92 Å². The van der Waals surface area contributed by atoms with Crippen molar-refractivity contribution in [2.75, 3.05) is 0 Å². The number of halogens is 1. The largest absolute Gasteiger partial charge is 0.474 e. The predicted molar refractivity (Wildman–Crippen MR) is 82.7 cm³/mol. The Hall–Kier alpha value is -2.18. The van der Waals surface area contributed by atoms with Gasteiger partial charge in [0, 0.05) is 18.2 Å². The molecule has 126 valence electrons. The molecule has 1 aromatic rings. The van der Waals surface area contributed by atoms with Gasteiger partial charge in [-0.3, -0.25) is 14.9 Å². The summed E-state index contributed by atoms with van der Waals surface area (Å²) >= 11 is 0. The Morgan fingerprint density at radius 1 is 1.43 bits per heavy atom. The van der Waals surface area contributed by atoms with E-state index in [4.69, 9.17) is 4.74 Å². The zero-order chi connectivity index (χ0) is 17.0. The second-order valence-electron chi connectivity index (χ2n) is 6.01. The number of nitro groups is 1. The minimum absolute atomic E-state index is 0.0878. The van der Waals surface area contributed by atoms with Crippen molar-refractivity contribution in [3.8, 4) is 5.75 Å². The SMILES string of the molecule is C[C@@H]1CCCC[C@H]1NC(=O)[C@@H](C)Oc1cc(F)ccc1[N+](=O)[O-]. The Kier molecular flexibility index (Phi) is 5.52. The molecule has 3 atom stereocenters. The lowest BCUT2D eigenvalue weighted by Gasteiger charge is -2.30. The maximum absolute atomic E-state index is 13.3. The molecule has 6 nitrogen and oxygen atoms in total. The normalized spacial score (nSPS) is 22.2. The van der Waals surface area contributed by atoms with Gasteiger partial charge in [0.2, 0.25) is 5.75 Å². The summed E-state index contributed by atoms with van der Waals surface area (Å²) in [4.78, 5) is 22.5. The van der Waals surface area contributed by atoms with Crippen molar-refractivity contribution in [1.82, 2.24) is 5.32 Å². The van der Waals surface area contributed by atoms with Crippen LogP contribution in [0.2, 0.25) is 0 Å². The standard InChI is InChI=1S/C16H21FN2O4/c1-10-5-3-4-6-13(10)18-16(20)11(2)23-15-9-12(17)7-8-14(15)19(21)22/h7-11,13H,3-6H2,1-2H3,(H,18,20)/t10-,11-,13-/m1/s1. The number of nitro benzene ring substituents is 1. The van der Waals surface area contributed by atoms with Crippen LogP contribution in [0.1, 0.15) is 39.5 Å². The second kappa shape index (κ2) is 7.39. The first-order chi connectivity index (χ1) is 10.9. The van der Waals surface area contributed by atoms with Gasteiger partial charge in [0.25, 0.3) is 5.91 Å². The van der Waals surface area contributed by atoms with Crippen LogP contribution in [-0.2, 0) is 4.79 Å². The number of carbonyl (C=O) groups is 1. The van der Waals surface area contributed by atoms with Crippen LogP contribution in [0.15, 0.2) is 18.2 Å². The van der Waals surface area contributed by atoms with Crippen LogP contribution in [0.5, 0.6) is 5.75 Å². The summed E-state index contributed by atoms with van der Waals surface area (Å²) in [5.74, 6) is -0.848. The third kappa shape index (κ3) is 4.40.